The molecule has 0 radical (unpaired) electrons. The van der Waals surface area contributed by atoms with Crippen molar-refractivity contribution in [2.45, 2.75) is 138 Å². The van der Waals surface area contributed by atoms with Crippen molar-refractivity contribution in [1.29, 1.82) is 0 Å². The molecule has 7 atom stereocenters. The number of alkyl carbamates (subject to hydrolysis) is 1. The van der Waals surface area contributed by atoms with Gasteiger partial charge < -0.3 is 29.7 Å². The summed E-state index contributed by atoms with van der Waals surface area (Å²) in [7, 11) is -3.92. The first-order valence-electron chi connectivity index (χ1n) is 23.1. The predicted molar refractivity (Wildman–Crippen MR) is 239 cm³/mol. The van der Waals surface area contributed by atoms with Crippen molar-refractivity contribution < 1.29 is 41.8 Å². The molecule has 14 nitrogen and oxygen atoms in total. The number of hydrogen-bond donors (Lipinski definition) is 3. The number of carbonyl (C=O) groups is 4. The molecule has 4 saturated carbocycles. The van der Waals surface area contributed by atoms with Gasteiger partial charge in [-0.3, -0.25) is 19.1 Å². The van der Waals surface area contributed by atoms with E-state index < -0.39 is 74.3 Å². The number of nitrogens with zero attached hydrogens (tertiary/aromatic N) is 2. The average Bonchev–Trinajstić information content (AvgIpc) is 4.10. The zero-order chi connectivity index (χ0) is 44.6. The number of benzene rings is 2. The number of nitrogens with one attached hydrogen (secondary N) is 3. The maximum Gasteiger partial charge on any atom is 0.408 e. The van der Waals surface area contributed by atoms with E-state index in [-0.39, 0.29) is 31.2 Å². The minimum Gasteiger partial charge on any atom is -0.488 e. The normalized spacial score (nSPS) is 29.9. The number of hydrogen-bond acceptors (Lipinski definition) is 10. The first-order valence-corrected chi connectivity index (χ1v) is 24.6. The van der Waals surface area contributed by atoms with Crippen LogP contribution in [0.2, 0.25) is 0 Å². The summed E-state index contributed by atoms with van der Waals surface area (Å²) in [6.45, 7) is 6.11. The van der Waals surface area contributed by atoms with Crippen molar-refractivity contribution in [1.82, 2.24) is 25.2 Å². The zero-order valence-corrected chi connectivity index (χ0v) is 37.3. The molecule has 6 aliphatic rings. The SMILES string of the molecule is C=C[C@@H]1C[C@]1(NC(=O)[C@@H]1C[C@@H]2CN1C(=O)[C@H](C1CCCC1)NC(=O)O[C@]1(C)CCC[C@H]1CCC=CCc1c(nc3ccccc3c1OCc1ccccc1)O2)C(=O)NS(=O)(=O)C1CC1. The maximum atomic E-state index is 15.2. The lowest BCUT2D eigenvalue weighted by atomic mass is 9.88. The van der Waals surface area contributed by atoms with Crippen LogP contribution in [0.3, 0.4) is 0 Å². The molecule has 2 bridgehead atoms. The number of fused-ring (bicyclic) bond motifs is 5. The van der Waals surface area contributed by atoms with Gasteiger partial charge in [-0.25, -0.2) is 18.2 Å². The molecule has 2 aromatic carbocycles. The van der Waals surface area contributed by atoms with Crippen LogP contribution in [0.5, 0.6) is 11.6 Å². The molecule has 64 heavy (non-hydrogen) atoms. The third-order valence-corrected chi connectivity index (χ3v) is 16.3. The molecule has 1 aromatic heterocycles. The Morgan fingerprint density at radius 3 is 2.52 bits per heavy atom. The average molecular weight is 894 g/mol. The van der Waals surface area contributed by atoms with E-state index in [1.807, 2.05) is 61.5 Å². The van der Waals surface area contributed by atoms with Crippen molar-refractivity contribution in [3.05, 3.63) is 90.5 Å². The van der Waals surface area contributed by atoms with Crippen molar-refractivity contribution in [2.24, 2.45) is 17.8 Å². The molecule has 340 valence electrons. The van der Waals surface area contributed by atoms with Crippen LogP contribution in [-0.4, -0.2) is 83.2 Å². The van der Waals surface area contributed by atoms with Crippen molar-refractivity contribution >= 4 is 44.7 Å². The second kappa shape index (κ2) is 17.9. The highest BCUT2D eigenvalue weighted by Gasteiger charge is 2.62. The van der Waals surface area contributed by atoms with Crippen molar-refractivity contribution in [3.8, 4) is 11.6 Å². The third kappa shape index (κ3) is 8.96. The summed E-state index contributed by atoms with van der Waals surface area (Å²) in [6.07, 6.45) is 13.2. The topological polar surface area (TPSA) is 182 Å². The highest BCUT2D eigenvalue weighted by Crippen LogP contribution is 2.46. The number of amides is 4. The number of ether oxygens (including phenoxy) is 3. The molecule has 5 fully saturated rings. The van der Waals surface area contributed by atoms with E-state index in [0.29, 0.717) is 62.3 Å². The Balaban J connectivity index is 1.09. The van der Waals surface area contributed by atoms with E-state index in [0.717, 1.165) is 55.0 Å². The summed E-state index contributed by atoms with van der Waals surface area (Å²) in [4.78, 5) is 64.1. The molecule has 9 rings (SSSR count). The second-order valence-corrected chi connectivity index (χ2v) is 20.9. The van der Waals surface area contributed by atoms with Gasteiger partial charge in [0.05, 0.1) is 22.9 Å². The van der Waals surface area contributed by atoms with Crippen LogP contribution in [0, 0.1) is 17.8 Å². The molecule has 2 aliphatic heterocycles. The summed E-state index contributed by atoms with van der Waals surface area (Å²) in [6, 6.07) is 15.5. The molecule has 0 unspecified atom stereocenters. The Morgan fingerprint density at radius 2 is 1.77 bits per heavy atom. The number of pyridine rings is 1. The van der Waals surface area contributed by atoms with Crippen molar-refractivity contribution in [2.75, 3.05) is 6.54 Å². The Bertz CT molecular complexity index is 2440. The lowest BCUT2D eigenvalue weighted by Crippen LogP contribution is -2.59. The number of allylic oxidation sites excluding steroid dienone is 2. The Labute approximate surface area is 375 Å². The van der Waals surface area contributed by atoms with Crippen LogP contribution in [0.25, 0.3) is 10.9 Å². The van der Waals surface area contributed by atoms with E-state index in [9.17, 15) is 22.8 Å². The number of sulfonamides is 1. The quantitative estimate of drug-likeness (QED) is 0.189. The molecule has 3 heterocycles. The van der Waals surface area contributed by atoms with Gasteiger partial charge in [0.25, 0.3) is 5.91 Å². The fraction of sp³-hybridized carbons (Fsp3) is 0.531. The maximum absolute atomic E-state index is 15.2. The minimum absolute atomic E-state index is 0.0270. The molecule has 1 saturated heterocycles. The van der Waals surface area contributed by atoms with Gasteiger partial charge >= 0.3 is 6.09 Å². The minimum atomic E-state index is -3.92. The molecular formula is C49H59N5O9S. The first-order chi connectivity index (χ1) is 30.9. The largest absolute Gasteiger partial charge is 0.488 e. The first kappa shape index (κ1) is 43.8. The lowest BCUT2D eigenvalue weighted by Gasteiger charge is -2.34. The van der Waals surface area contributed by atoms with Gasteiger partial charge in [-0.1, -0.05) is 73.5 Å². The Kier molecular flexibility index (Phi) is 12.2. The van der Waals surface area contributed by atoms with Crippen LogP contribution in [0.4, 0.5) is 4.79 Å². The lowest BCUT2D eigenvalue weighted by molar-refractivity contribution is -0.142. The molecule has 15 heteroatoms. The van der Waals surface area contributed by atoms with Crippen LogP contribution in [0.1, 0.15) is 102 Å². The van der Waals surface area contributed by atoms with Gasteiger partial charge in [0.2, 0.25) is 27.7 Å². The van der Waals surface area contributed by atoms with Crippen LogP contribution >= 0.6 is 0 Å². The third-order valence-electron chi connectivity index (χ3n) is 14.5. The number of para-hydroxylation sites is 1. The standard InChI is InChI=1S/C49H59N5O9S/c1-3-33-28-49(33,46(57)53-64(59,60)36-24-25-36)52-43(55)40-27-35-29-54(40)45(56)41(32-17-10-11-18-32)51-47(58)63-48(2)26-14-20-34(48)19-8-5-9-22-38-42(61-30-31-15-6-4-7-16-31)37-21-12-13-23-39(37)50-44(38)62-35/h3-7,9,12-13,15-16,21,23,32-36,40-41H,1,8,10-11,14,17-20,22,24-30H2,2H3,(H,51,58)(H,52,55)(H,53,57)/t33-,34-,35-,40+,41+,48-,49-/m1/s1. The molecule has 3 N–H and O–H groups in total. The van der Waals surface area contributed by atoms with E-state index in [4.69, 9.17) is 19.2 Å². The van der Waals surface area contributed by atoms with E-state index in [2.05, 4.69) is 34.1 Å². The summed E-state index contributed by atoms with van der Waals surface area (Å²) in [5.74, 6) is -1.57. The molecule has 4 aliphatic carbocycles. The summed E-state index contributed by atoms with van der Waals surface area (Å²) in [5, 5.41) is 6.05. The van der Waals surface area contributed by atoms with Crippen LogP contribution in [-0.2, 0) is 42.2 Å². The van der Waals surface area contributed by atoms with Crippen molar-refractivity contribution in [3.63, 3.8) is 0 Å². The van der Waals surface area contributed by atoms with Gasteiger partial charge in [0.15, 0.2) is 0 Å². The second-order valence-electron chi connectivity index (χ2n) is 18.9. The molecule has 4 amide bonds. The van der Waals surface area contributed by atoms with Gasteiger partial charge in [0, 0.05) is 17.7 Å². The Hall–Kier alpha value is -5.44. The predicted octanol–water partition coefficient (Wildman–Crippen LogP) is 6.57. The molecule has 3 aromatic rings. The number of carbonyl (C=O) groups excluding carboxylic acids is 4. The van der Waals surface area contributed by atoms with E-state index in [1.165, 1.54) is 11.0 Å². The molecular weight excluding hydrogens is 835 g/mol. The van der Waals surface area contributed by atoms with E-state index >= 15 is 4.79 Å². The monoisotopic (exact) mass is 893 g/mol. The van der Waals surface area contributed by atoms with Gasteiger partial charge in [0.1, 0.15) is 41.7 Å². The highest BCUT2D eigenvalue weighted by atomic mass is 32.2. The number of aromatic nitrogens is 1. The van der Waals surface area contributed by atoms with Gasteiger partial charge in [-0.2, -0.15) is 0 Å². The summed E-state index contributed by atoms with van der Waals surface area (Å²) < 4.78 is 47.9. The summed E-state index contributed by atoms with van der Waals surface area (Å²) >= 11 is 0. The number of rotatable bonds is 10. The van der Waals surface area contributed by atoms with Crippen LogP contribution in [0.15, 0.2) is 79.4 Å². The van der Waals surface area contributed by atoms with E-state index in [1.54, 1.807) is 0 Å². The zero-order valence-electron chi connectivity index (χ0n) is 36.5. The fourth-order valence-electron chi connectivity index (χ4n) is 10.6. The van der Waals surface area contributed by atoms with Crippen LogP contribution < -0.4 is 24.8 Å². The van der Waals surface area contributed by atoms with Gasteiger partial charge in [-0.05, 0) is 107 Å². The van der Waals surface area contributed by atoms with Gasteiger partial charge in [-0.15, -0.1) is 6.58 Å². The highest BCUT2D eigenvalue weighted by molar-refractivity contribution is 7.91. The molecule has 0 spiro atoms. The fourth-order valence-corrected chi connectivity index (χ4v) is 11.9. The smallest absolute Gasteiger partial charge is 0.408 e. The Morgan fingerprint density at radius 1 is 1.00 bits per heavy atom. The summed E-state index contributed by atoms with van der Waals surface area (Å²) in [5.41, 5.74) is 0.0826.